The van der Waals surface area contributed by atoms with E-state index in [1.807, 2.05) is 0 Å². The van der Waals surface area contributed by atoms with E-state index in [9.17, 15) is 5.11 Å². The predicted molar refractivity (Wildman–Crippen MR) is 77.4 cm³/mol. The van der Waals surface area contributed by atoms with Gasteiger partial charge in [-0.25, -0.2) is 0 Å². The number of rotatable bonds is 3. The monoisotopic (exact) mass is 262 g/mol. The second-order valence-corrected chi connectivity index (χ2v) is 6.15. The van der Waals surface area contributed by atoms with Crippen LogP contribution in [0.2, 0.25) is 0 Å². The van der Waals surface area contributed by atoms with E-state index in [4.69, 9.17) is 0 Å². The van der Waals surface area contributed by atoms with Crippen LogP contribution in [0.25, 0.3) is 0 Å². The summed E-state index contributed by atoms with van der Waals surface area (Å²) in [7, 11) is 0. The van der Waals surface area contributed by atoms with Crippen LogP contribution in [0.3, 0.4) is 0 Å². The van der Waals surface area contributed by atoms with E-state index >= 15 is 0 Å². The fraction of sp³-hybridized carbons (Fsp3) is 0.750. The van der Waals surface area contributed by atoms with E-state index in [0.29, 0.717) is 0 Å². The van der Waals surface area contributed by atoms with Gasteiger partial charge >= 0.3 is 0 Å². The van der Waals surface area contributed by atoms with Crippen LogP contribution in [0.5, 0.6) is 0 Å². The molecule has 1 aromatic rings. The molecule has 1 fully saturated rings. The molecule has 2 aliphatic rings. The molecule has 1 aromatic heterocycles. The van der Waals surface area contributed by atoms with Gasteiger partial charge in [0.15, 0.2) is 0 Å². The standard InChI is InChI=1S/C16H26N2O/c1-13-12-14-15(6-5-7-16(14)19)18(13)11-10-17-8-3-2-4-9-17/h12,16,19H,2-11H2,1H3. The highest BCUT2D eigenvalue weighted by Crippen LogP contribution is 2.32. The highest BCUT2D eigenvalue weighted by molar-refractivity contribution is 5.31. The summed E-state index contributed by atoms with van der Waals surface area (Å²) in [6.45, 7) is 6.98. The van der Waals surface area contributed by atoms with Gasteiger partial charge in [-0.2, -0.15) is 0 Å². The smallest absolute Gasteiger partial charge is 0.0807 e. The molecule has 1 aliphatic heterocycles. The maximum atomic E-state index is 10.1. The van der Waals surface area contributed by atoms with Crippen molar-refractivity contribution in [2.75, 3.05) is 19.6 Å². The number of aliphatic hydroxyl groups is 1. The molecule has 1 aliphatic carbocycles. The van der Waals surface area contributed by atoms with Gasteiger partial charge in [-0.3, -0.25) is 0 Å². The van der Waals surface area contributed by atoms with Crippen molar-refractivity contribution >= 4 is 0 Å². The second-order valence-electron chi connectivity index (χ2n) is 6.15. The lowest BCUT2D eigenvalue weighted by Crippen LogP contribution is -2.33. The molecule has 106 valence electrons. The normalized spacial score (nSPS) is 24.4. The van der Waals surface area contributed by atoms with Crippen LogP contribution in [0.1, 0.15) is 55.2 Å². The van der Waals surface area contributed by atoms with E-state index in [1.165, 1.54) is 49.3 Å². The Morgan fingerprint density at radius 2 is 1.95 bits per heavy atom. The van der Waals surface area contributed by atoms with E-state index in [1.54, 1.807) is 0 Å². The molecule has 19 heavy (non-hydrogen) atoms. The molecule has 0 saturated carbocycles. The van der Waals surface area contributed by atoms with E-state index < -0.39 is 0 Å². The number of likely N-dealkylation sites (tertiary alicyclic amines) is 1. The summed E-state index contributed by atoms with van der Waals surface area (Å²) in [6, 6.07) is 2.20. The predicted octanol–water partition coefficient (Wildman–Crippen LogP) is 2.65. The van der Waals surface area contributed by atoms with Crippen LogP contribution >= 0.6 is 0 Å². The first-order valence-electron chi connectivity index (χ1n) is 7.85. The summed E-state index contributed by atoms with van der Waals surface area (Å²) in [5.74, 6) is 0. The first-order valence-corrected chi connectivity index (χ1v) is 7.85. The van der Waals surface area contributed by atoms with Gasteiger partial charge in [-0.1, -0.05) is 6.42 Å². The fourth-order valence-corrected chi connectivity index (χ4v) is 3.68. The van der Waals surface area contributed by atoms with Crippen molar-refractivity contribution < 1.29 is 5.11 Å². The third-order valence-electron chi connectivity index (χ3n) is 4.79. The molecular weight excluding hydrogens is 236 g/mol. The molecule has 1 unspecified atom stereocenters. The molecule has 1 N–H and O–H groups in total. The van der Waals surface area contributed by atoms with Crippen molar-refractivity contribution in [1.82, 2.24) is 9.47 Å². The number of aliphatic hydroxyl groups excluding tert-OH is 1. The quantitative estimate of drug-likeness (QED) is 0.907. The zero-order chi connectivity index (χ0) is 13.2. The molecule has 3 rings (SSSR count). The van der Waals surface area contributed by atoms with Gasteiger partial charge in [0.25, 0.3) is 0 Å². The Morgan fingerprint density at radius 3 is 2.74 bits per heavy atom. The van der Waals surface area contributed by atoms with Gasteiger partial charge < -0.3 is 14.6 Å². The number of nitrogens with zero attached hydrogens (tertiary/aromatic N) is 2. The van der Waals surface area contributed by atoms with Gasteiger partial charge in [0.05, 0.1) is 6.10 Å². The highest BCUT2D eigenvalue weighted by Gasteiger charge is 2.23. The summed E-state index contributed by atoms with van der Waals surface area (Å²) in [4.78, 5) is 2.59. The number of aromatic nitrogens is 1. The maximum Gasteiger partial charge on any atom is 0.0807 e. The Kier molecular flexibility index (Phi) is 3.94. The van der Waals surface area contributed by atoms with Crippen molar-refractivity contribution in [3.8, 4) is 0 Å². The Hall–Kier alpha value is -0.800. The van der Waals surface area contributed by atoms with Crippen molar-refractivity contribution in [1.29, 1.82) is 0 Å². The molecule has 1 atom stereocenters. The zero-order valence-corrected chi connectivity index (χ0v) is 12.1. The van der Waals surface area contributed by atoms with Crippen LogP contribution in [0.4, 0.5) is 0 Å². The highest BCUT2D eigenvalue weighted by atomic mass is 16.3. The lowest BCUT2D eigenvalue weighted by atomic mass is 9.95. The zero-order valence-electron chi connectivity index (χ0n) is 12.1. The number of hydrogen-bond acceptors (Lipinski definition) is 2. The van der Waals surface area contributed by atoms with Crippen LogP contribution in [-0.2, 0) is 13.0 Å². The van der Waals surface area contributed by atoms with Gasteiger partial charge in [0.2, 0.25) is 0 Å². The Balaban J connectivity index is 1.70. The average molecular weight is 262 g/mol. The first kappa shape index (κ1) is 13.2. The molecular formula is C16H26N2O. The van der Waals surface area contributed by atoms with E-state index in [2.05, 4.69) is 22.5 Å². The molecule has 0 amide bonds. The lowest BCUT2D eigenvalue weighted by molar-refractivity contribution is 0.155. The van der Waals surface area contributed by atoms with Crippen LogP contribution in [0.15, 0.2) is 6.07 Å². The molecule has 0 radical (unpaired) electrons. The van der Waals surface area contributed by atoms with Gasteiger partial charge in [-0.15, -0.1) is 0 Å². The third-order valence-corrected chi connectivity index (χ3v) is 4.79. The molecule has 3 nitrogen and oxygen atoms in total. The number of fused-ring (bicyclic) bond motifs is 1. The molecule has 3 heteroatoms. The summed E-state index contributed by atoms with van der Waals surface area (Å²) in [5, 5.41) is 10.1. The minimum absolute atomic E-state index is 0.223. The third kappa shape index (κ3) is 2.72. The largest absolute Gasteiger partial charge is 0.388 e. The van der Waals surface area contributed by atoms with E-state index in [0.717, 1.165) is 32.4 Å². The molecule has 2 heterocycles. The lowest BCUT2D eigenvalue weighted by Gasteiger charge is -2.27. The second kappa shape index (κ2) is 5.68. The van der Waals surface area contributed by atoms with Crippen LogP contribution in [0, 0.1) is 6.92 Å². The summed E-state index contributed by atoms with van der Waals surface area (Å²) >= 11 is 0. The van der Waals surface area contributed by atoms with Crippen molar-refractivity contribution in [2.45, 2.75) is 58.1 Å². The number of hydrogen-bond donors (Lipinski definition) is 1. The van der Waals surface area contributed by atoms with Crippen molar-refractivity contribution in [3.63, 3.8) is 0 Å². The average Bonchev–Trinajstić information content (AvgIpc) is 2.75. The van der Waals surface area contributed by atoms with Gasteiger partial charge in [0.1, 0.15) is 0 Å². The summed E-state index contributed by atoms with van der Waals surface area (Å²) < 4.78 is 2.45. The minimum Gasteiger partial charge on any atom is -0.388 e. The fourth-order valence-electron chi connectivity index (χ4n) is 3.68. The Morgan fingerprint density at radius 1 is 1.16 bits per heavy atom. The summed E-state index contributed by atoms with van der Waals surface area (Å²) in [6.07, 6.45) is 7.10. The SMILES string of the molecule is Cc1cc2c(n1CCN1CCCCC1)CCCC2O. The van der Waals surface area contributed by atoms with Gasteiger partial charge in [0, 0.05) is 30.0 Å². The van der Waals surface area contributed by atoms with E-state index in [-0.39, 0.29) is 6.10 Å². The van der Waals surface area contributed by atoms with Crippen LogP contribution in [-0.4, -0.2) is 34.2 Å². The van der Waals surface area contributed by atoms with Crippen molar-refractivity contribution in [2.24, 2.45) is 0 Å². The van der Waals surface area contributed by atoms with Crippen LogP contribution < -0.4 is 0 Å². The Labute approximate surface area is 116 Å². The number of piperidine rings is 1. The molecule has 1 saturated heterocycles. The Bertz CT molecular complexity index is 432. The minimum atomic E-state index is -0.223. The van der Waals surface area contributed by atoms with Gasteiger partial charge in [-0.05, 0) is 58.2 Å². The maximum absolute atomic E-state index is 10.1. The molecule has 0 spiro atoms. The molecule has 0 bridgehead atoms. The summed E-state index contributed by atoms with van der Waals surface area (Å²) in [5.41, 5.74) is 3.92. The number of aryl methyl sites for hydroxylation is 1. The van der Waals surface area contributed by atoms with Crippen molar-refractivity contribution in [3.05, 3.63) is 23.0 Å². The first-order chi connectivity index (χ1) is 9.25. The topological polar surface area (TPSA) is 28.4 Å². The molecule has 0 aromatic carbocycles.